The number of carbonyl (C=O) groups is 2. The van der Waals surface area contributed by atoms with Crippen molar-refractivity contribution < 1.29 is 18.0 Å². The van der Waals surface area contributed by atoms with Gasteiger partial charge in [-0.15, -0.1) is 0 Å². The number of nitrogens with zero attached hydrogens (tertiary/aromatic N) is 2. The van der Waals surface area contributed by atoms with Crippen LogP contribution in [-0.4, -0.2) is 44.3 Å². The molecule has 0 spiro atoms. The lowest BCUT2D eigenvalue weighted by Gasteiger charge is -2.34. The van der Waals surface area contributed by atoms with Gasteiger partial charge in [-0.1, -0.05) is 84.8 Å². The van der Waals surface area contributed by atoms with E-state index in [-0.39, 0.29) is 23.8 Å². The van der Waals surface area contributed by atoms with Crippen LogP contribution in [0.1, 0.15) is 41.2 Å². The predicted octanol–water partition coefficient (Wildman–Crippen LogP) is 6.63. The zero-order valence-corrected chi connectivity index (χ0v) is 27.7. The van der Waals surface area contributed by atoms with Crippen LogP contribution in [0.5, 0.6) is 0 Å². The average Bonchev–Trinajstić information content (AvgIpc) is 3.01. The van der Waals surface area contributed by atoms with E-state index in [4.69, 9.17) is 11.6 Å². The Balaban J connectivity index is 1.81. The fourth-order valence-electron chi connectivity index (χ4n) is 5.17. The van der Waals surface area contributed by atoms with Gasteiger partial charge in [-0.2, -0.15) is 0 Å². The first-order valence-electron chi connectivity index (χ1n) is 15.0. The van der Waals surface area contributed by atoms with Crippen molar-refractivity contribution >= 4 is 39.1 Å². The molecule has 4 aromatic carbocycles. The Morgan fingerprint density at radius 3 is 2.02 bits per heavy atom. The molecule has 0 unspecified atom stereocenters. The highest BCUT2D eigenvalue weighted by Gasteiger charge is 2.34. The molecule has 0 saturated carbocycles. The molecule has 9 heteroatoms. The Bertz CT molecular complexity index is 1690. The zero-order chi connectivity index (χ0) is 32.6. The molecule has 0 heterocycles. The van der Waals surface area contributed by atoms with Crippen molar-refractivity contribution in [2.24, 2.45) is 0 Å². The lowest BCUT2D eigenvalue weighted by Crippen LogP contribution is -2.53. The zero-order valence-electron chi connectivity index (χ0n) is 26.2. The number of amides is 2. The van der Waals surface area contributed by atoms with Gasteiger partial charge < -0.3 is 10.2 Å². The summed E-state index contributed by atoms with van der Waals surface area (Å²) in [6, 6.07) is 27.7. The summed E-state index contributed by atoms with van der Waals surface area (Å²) in [6.07, 6.45) is 0.980. The number of carbonyl (C=O) groups excluding carboxylic acids is 2. The molecule has 45 heavy (non-hydrogen) atoms. The van der Waals surface area contributed by atoms with E-state index in [2.05, 4.69) is 5.32 Å². The van der Waals surface area contributed by atoms with Gasteiger partial charge in [-0.25, -0.2) is 8.42 Å². The second kappa shape index (κ2) is 15.2. The van der Waals surface area contributed by atoms with Crippen LogP contribution in [0.2, 0.25) is 5.02 Å². The van der Waals surface area contributed by atoms with Crippen LogP contribution in [-0.2, 0) is 32.6 Å². The monoisotopic (exact) mass is 645 g/mol. The number of anilines is 1. The largest absolute Gasteiger partial charge is 0.354 e. The van der Waals surface area contributed by atoms with Crippen molar-refractivity contribution in [1.82, 2.24) is 10.2 Å². The SMILES string of the molecule is CCCNC(=O)[C@H](Cc1ccccc1)N(Cc1ccc(Cl)cc1)C(=O)CN(c1cc(C)cc(C)c1)S(=O)(=O)c1ccc(C)cc1. The predicted molar refractivity (Wildman–Crippen MR) is 181 cm³/mol. The first kappa shape index (κ1) is 33.7. The lowest BCUT2D eigenvalue weighted by molar-refractivity contribution is -0.140. The maximum Gasteiger partial charge on any atom is 0.264 e. The number of hydrogen-bond acceptors (Lipinski definition) is 4. The van der Waals surface area contributed by atoms with E-state index >= 15 is 0 Å². The molecule has 0 radical (unpaired) electrons. The topological polar surface area (TPSA) is 86.8 Å². The molecule has 4 aromatic rings. The first-order chi connectivity index (χ1) is 21.5. The normalized spacial score (nSPS) is 11.9. The molecule has 0 aromatic heterocycles. The van der Waals surface area contributed by atoms with Crippen LogP contribution in [0.3, 0.4) is 0 Å². The minimum absolute atomic E-state index is 0.0748. The standard InChI is InChI=1S/C36H40ClN3O4S/c1-5-19-38-36(42)34(23-29-9-7-6-8-10-29)39(24-30-13-15-31(37)16-14-30)35(41)25-40(32-21-27(3)20-28(4)22-32)45(43,44)33-17-11-26(2)12-18-33/h6-18,20-22,34H,5,19,23-25H2,1-4H3,(H,38,42)/t34-/m0/s1. The molecule has 1 N–H and O–H groups in total. The van der Waals surface area contributed by atoms with Crippen molar-refractivity contribution in [2.45, 2.75) is 58.0 Å². The molecule has 0 aliphatic carbocycles. The summed E-state index contributed by atoms with van der Waals surface area (Å²) in [6.45, 7) is 7.64. The van der Waals surface area contributed by atoms with Crippen LogP contribution in [0.15, 0.2) is 102 Å². The number of benzene rings is 4. The van der Waals surface area contributed by atoms with Crippen LogP contribution >= 0.6 is 11.6 Å². The van der Waals surface area contributed by atoms with Gasteiger partial charge in [0.05, 0.1) is 10.6 Å². The minimum atomic E-state index is -4.16. The molecule has 0 bridgehead atoms. The van der Waals surface area contributed by atoms with Gasteiger partial charge in [-0.05, 0) is 85.8 Å². The van der Waals surface area contributed by atoms with Gasteiger partial charge in [0.25, 0.3) is 10.0 Å². The molecule has 0 aliphatic heterocycles. The highest BCUT2D eigenvalue weighted by molar-refractivity contribution is 7.92. The Kier molecular flexibility index (Phi) is 11.4. The summed E-state index contributed by atoms with van der Waals surface area (Å²) < 4.78 is 29.6. The number of sulfonamides is 1. The first-order valence-corrected chi connectivity index (χ1v) is 16.8. The second-order valence-corrected chi connectivity index (χ2v) is 13.6. The average molecular weight is 646 g/mol. The number of halogens is 1. The maximum atomic E-state index is 14.5. The fourth-order valence-corrected chi connectivity index (χ4v) is 6.69. The minimum Gasteiger partial charge on any atom is -0.354 e. The van der Waals surface area contributed by atoms with E-state index in [0.29, 0.717) is 17.3 Å². The van der Waals surface area contributed by atoms with Gasteiger partial charge in [0, 0.05) is 24.5 Å². The molecule has 0 aliphatic rings. The Morgan fingerprint density at radius 1 is 0.800 bits per heavy atom. The Labute approximate surface area is 271 Å². The second-order valence-electron chi connectivity index (χ2n) is 11.3. The van der Waals surface area contributed by atoms with Gasteiger partial charge in [-0.3, -0.25) is 13.9 Å². The van der Waals surface area contributed by atoms with Gasteiger partial charge in [0.1, 0.15) is 12.6 Å². The third kappa shape index (κ3) is 8.96. The van der Waals surface area contributed by atoms with Crippen LogP contribution < -0.4 is 9.62 Å². The number of rotatable bonds is 13. The van der Waals surface area contributed by atoms with Crippen molar-refractivity contribution in [3.05, 3.63) is 130 Å². The molecule has 2 amide bonds. The van der Waals surface area contributed by atoms with Crippen LogP contribution in [0, 0.1) is 20.8 Å². The summed E-state index contributed by atoms with van der Waals surface area (Å²) in [4.78, 5) is 29.8. The van der Waals surface area contributed by atoms with Crippen molar-refractivity contribution in [3.8, 4) is 0 Å². The molecule has 236 valence electrons. The lowest BCUT2D eigenvalue weighted by atomic mass is 10.0. The van der Waals surface area contributed by atoms with Crippen LogP contribution in [0.4, 0.5) is 5.69 Å². The van der Waals surface area contributed by atoms with Crippen molar-refractivity contribution in [2.75, 3.05) is 17.4 Å². The molecule has 0 fully saturated rings. The molecule has 7 nitrogen and oxygen atoms in total. The summed E-state index contributed by atoms with van der Waals surface area (Å²) >= 11 is 6.15. The summed E-state index contributed by atoms with van der Waals surface area (Å²) in [5.41, 5.74) is 4.65. The highest BCUT2D eigenvalue weighted by Crippen LogP contribution is 2.27. The molecule has 4 rings (SSSR count). The quantitative estimate of drug-likeness (QED) is 0.177. The number of hydrogen-bond donors (Lipinski definition) is 1. The van der Waals surface area contributed by atoms with E-state index in [9.17, 15) is 18.0 Å². The molecule has 1 atom stereocenters. The van der Waals surface area contributed by atoms with Gasteiger partial charge in [0.15, 0.2) is 0 Å². The van der Waals surface area contributed by atoms with Crippen molar-refractivity contribution in [3.63, 3.8) is 0 Å². The van der Waals surface area contributed by atoms with E-state index in [1.54, 1.807) is 60.7 Å². The van der Waals surface area contributed by atoms with Crippen LogP contribution in [0.25, 0.3) is 0 Å². The third-order valence-electron chi connectivity index (χ3n) is 7.47. The number of aryl methyl sites for hydroxylation is 3. The molecular formula is C36H40ClN3O4S. The van der Waals surface area contributed by atoms with E-state index in [1.807, 2.05) is 64.1 Å². The summed E-state index contributed by atoms with van der Waals surface area (Å²) in [5.74, 6) is -0.810. The van der Waals surface area contributed by atoms with E-state index in [1.165, 1.54) is 4.90 Å². The highest BCUT2D eigenvalue weighted by atomic mass is 35.5. The Morgan fingerprint density at radius 2 is 1.42 bits per heavy atom. The fraction of sp³-hybridized carbons (Fsp3) is 0.278. The van der Waals surface area contributed by atoms with Gasteiger partial charge in [0.2, 0.25) is 11.8 Å². The smallest absolute Gasteiger partial charge is 0.264 e. The van der Waals surface area contributed by atoms with Gasteiger partial charge >= 0.3 is 0 Å². The summed E-state index contributed by atoms with van der Waals surface area (Å²) in [5, 5.41) is 3.50. The maximum absolute atomic E-state index is 14.5. The summed E-state index contributed by atoms with van der Waals surface area (Å²) in [7, 11) is -4.16. The molecule has 0 saturated heterocycles. The Hall–Kier alpha value is -4.14. The molecular weight excluding hydrogens is 606 g/mol. The van der Waals surface area contributed by atoms with E-state index in [0.717, 1.165) is 38.5 Å². The third-order valence-corrected chi connectivity index (χ3v) is 9.51. The van der Waals surface area contributed by atoms with E-state index < -0.39 is 28.5 Å². The van der Waals surface area contributed by atoms with Crippen molar-refractivity contribution in [1.29, 1.82) is 0 Å². The number of nitrogens with one attached hydrogen (secondary N) is 1.